The Morgan fingerprint density at radius 3 is 2.33 bits per heavy atom. The second-order valence-corrected chi connectivity index (χ2v) is 9.56. The van der Waals surface area contributed by atoms with Gasteiger partial charge >= 0.3 is 0 Å². The van der Waals surface area contributed by atoms with Gasteiger partial charge in [0.2, 0.25) is 15.9 Å². The van der Waals surface area contributed by atoms with Gasteiger partial charge in [0.25, 0.3) is 0 Å². The van der Waals surface area contributed by atoms with Gasteiger partial charge in [-0.1, -0.05) is 55.8 Å². The zero-order chi connectivity index (χ0) is 21.8. The first-order valence-electron chi connectivity index (χ1n) is 10.1. The van der Waals surface area contributed by atoms with Crippen LogP contribution in [0.1, 0.15) is 32.3 Å². The molecule has 0 spiro atoms. The third-order valence-corrected chi connectivity index (χ3v) is 8.15. The van der Waals surface area contributed by atoms with E-state index in [9.17, 15) is 13.2 Å². The van der Waals surface area contributed by atoms with Crippen LogP contribution in [0.4, 0.5) is 5.69 Å². The first-order chi connectivity index (χ1) is 14.3. The summed E-state index contributed by atoms with van der Waals surface area (Å²) in [6.45, 7) is 5.20. The average molecular weight is 451 g/mol. The first kappa shape index (κ1) is 22.7. The van der Waals surface area contributed by atoms with Crippen molar-refractivity contribution < 1.29 is 17.9 Å². The van der Waals surface area contributed by atoms with E-state index in [0.717, 1.165) is 5.56 Å². The third-order valence-electron chi connectivity index (χ3n) is 5.62. The Morgan fingerprint density at radius 1 is 1.10 bits per heavy atom. The second kappa shape index (κ2) is 9.47. The van der Waals surface area contributed by atoms with Gasteiger partial charge in [0.15, 0.2) is 0 Å². The minimum atomic E-state index is -3.75. The molecule has 0 atom stereocenters. The Bertz CT molecular complexity index is 985. The lowest BCUT2D eigenvalue weighted by Crippen LogP contribution is -2.44. The van der Waals surface area contributed by atoms with E-state index < -0.39 is 15.4 Å². The SMILES string of the molecule is CCN(CC)S(=O)(=O)c1cc(NC(=O)C2(c3ccccc3)CCOCC2)ccc1Cl. The number of sulfonamides is 1. The molecule has 1 aliphatic rings. The van der Waals surface area contributed by atoms with Gasteiger partial charge in [-0.25, -0.2) is 8.42 Å². The van der Waals surface area contributed by atoms with Crippen molar-refractivity contribution in [3.05, 3.63) is 59.1 Å². The molecule has 0 aromatic heterocycles. The van der Waals surface area contributed by atoms with E-state index in [1.54, 1.807) is 19.9 Å². The average Bonchev–Trinajstić information content (AvgIpc) is 2.76. The smallest absolute Gasteiger partial charge is 0.244 e. The van der Waals surface area contributed by atoms with Crippen molar-refractivity contribution in [3.8, 4) is 0 Å². The van der Waals surface area contributed by atoms with Crippen LogP contribution in [0.3, 0.4) is 0 Å². The minimum absolute atomic E-state index is 0.00796. The molecule has 1 N–H and O–H groups in total. The van der Waals surface area contributed by atoms with Crippen molar-refractivity contribution in [3.63, 3.8) is 0 Å². The van der Waals surface area contributed by atoms with E-state index in [2.05, 4.69) is 5.32 Å². The largest absolute Gasteiger partial charge is 0.381 e. The normalized spacial score (nSPS) is 16.4. The minimum Gasteiger partial charge on any atom is -0.381 e. The predicted octanol–water partition coefficient (Wildman–Crippen LogP) is 4.06. The van der Waals surface area contributed by atoms with Gasteiger partial charge < -0.3 is 10.1 Å². The monoisotopic (exact) mass is 450 g/mol. The number of nitrogens with zero attached hydrogens (tertiary/aromatic N) is 1. The molecule has 30 heavy (non-hydrogen) atoms. The Kier molecular flexibility index (Phi) is 7.18. The molecule has 3 rings (SSSR count). The number of ether oxygens (including phenoxy) is 1. The lowest BCUT2D eigenvalue weighted by atomic mass is 9.73. The van der Waals surface area contributed by atoms with Crippen LogP contribution in [0.15, 0.2) is 53.4 Å². The van der Waals surface area contributed by atoms with Gasteiger partial charge in [-0.05, 0) is 36.6 Å². The zero-order valence-electron chi connectivity index (χ0n) is 17.2. The first-order valence-corrected chi connectivity index (χ1v) is 11.9. The van der Waals surface area contributed by atoms with Gasteiger partial charge in [0.1, 0.15) is 4.90 Å². The summed E-state index contributed by atoms with van der Waals surface area (Å²) in [5.41, 5.74) is 0.601. The second-order valence-electron chi connectivity index (χ2n) is 7.25. The van der Waals surface area contributed by atoms with Gasteiger partial charge in [0.05, 0.1) is 10.4 Å². The van der Waals surface area contributed by atoms with Crippen molar-refractivity contribution in [1.82, 2.24) is 4.31 Å². The molecule has 1 heterocycles. The highest BCUT2D eigenvalue weighted by Gasteiger charge is 2.41. The maximum Gasteiger partial charge on any atom is 0.244 e. The molecule has 0 aliphatic carbocycles. The standard InChI is InChI=1S/C22H27ClN2O4S/c1-3-25(4-2)30(27,28)20-16-18(10-11-19(20)23)24-21(26)22(12-14-29-15-13-22)17-8-6-5-7-9-17/h5-11,16H,3-4,12-15H2,1-2H3,(H,24,26). The van der Waals surface area contributed by atoms with Gasteiger partial charge in [0, 0.05) is 32.0 Å². The van der Waals surface area contributed by atoms with Gasteiger partial charge in [-0.3, -0.25) is 4.79 Å². The predicted molar refractivity (Wildman–Crippen MR) is 118 cm³/mol. The summed E-state index contributed by atoms with van der Waals surface area (Å²) < 4.78 is 32.7. The van der Waals surface area contributed by atoms with Crippen LogP contribution in [-0.2, 0) is 25.0 Å². The summed E-state index contributed by atoms with van der Waals surface area (Å²) in [5.74, 6) is -0.175. The quantitative estimate of drug-likeness (QED) is 0.690. The van der Waals surface area contributed by atoms with Gasteiger partial charge in [-0.2, -0.15) is 4.31 Å². The summed E-state index contributed by atoms with van der Waals surface area (Å²) in [6, 6.07) is 14.2. The van der Waals surface area contributed by atoms with E-state index >= 15 is 0 Å². The highest BCUT2D eigenvalue weighted by Crippen LogP contribution is 2.36. The van der Waals surface area contributed by atoms with Crippen molar-refractivity contribution in [1.29, 1.82) is 0 Å². The number of halogens is 1. The van der Waals surface area contributed by atoms with E-state index in [4.69, 9.17) is 16.3 Å². The molecule has 1 aliphatic heterocycles. The molecule has 8 heteroatoms. The molecule has 0 bridgehead atoms. The van der Waals surface area contributed by atoms with Crippen LogP contribution in [0.2, 0.25) is 5.02 Å². The Labute approximate surface area is 183 Å². The van der Waals surface area contributed by atoms with E-state index in [-0.39, 0.29) is 15.8 Å². The van der Waals surface area contributed by atoms with Crippen molar-refractivity contribution in [2.75, 3.05) is 31.6 Å². The fourth-order valence-electron chi connectivity index (χ4n) is 3.86. The molecule has 2 aromatic carbocycles. The molecule has 0 unspecified atom stereocenters. The molecule has 6 nitrogen and oxygen atoms in total. The number of rotatable bonds is 7. The topological polar surface area (TPSA) is 75.7 Å². The maximum absolute atomic E-state index is 13.4. The number of carbonyl (C=O) groups is 1. The number of hydrogen-bond donors (Lipinski definition) is 1. The van der Waals surface area contributed by atoms with Crippen molar-refractivity contribution >= 4 is 33.2 Å². The summed E-state index contributed by atoms with van der Waals surface area (Å²) in [5, 5.41) is 3.06. The molecule has 0 radical (unpaired) electrons. The highest BCUT2D eigenvalue weighted by molar-refractivity contribution is 7.89. The van der Waals surface area contributed by atoms with E-state index in [1.165, 1.54) is 16.4 Å². The number of nitrogens with one attached hydrogen (secondary N) is 1. The van der Waals surface area contributed by atoms with Crippen LogP contribution in [0.5, 0.6) is 0 Å². The number of carbonyl (C=O) groups excluding carboxylic acids is 1. The zero-order valence-corrected chi connectivity index (χ0v) is 18.8. The number of benzene rings is 2. The maximum atomic E-state index is 13.4. The third kappa shape index (κ3) is 4.39. The molecular weight excluding hydrogens is 424 g/mol. The van der Waals surface area contributed by atoms with Crippen LogP contribution >= 0.6 is 11.6 Å². The molecule has 2 aromatic rings. The lowest BCUT2D eigenvalue weighted by molar-refractivity contribution is -0.125. The summed E-state index contributed by atoms with van der Waals surface area (Å²) in [7, 11) is -3.75. The van der Waals surface area contributed by atoms with Gasteiger partial charge in [-0.15, -0.1) is 0 Å². The summed E-state index contributed by atoms with van der Waals surface area (Å²) in [6.07, 6.45) is 1.11. The summed E-state index contributed by atoms with van der Waals surface area (Å²) >= 11 is 6.21. The summed E-state index contributed by atoms with van der Waals surface area (Å²) in [4.78, 5) is 13.4. The fourth-order valence-corrected chi connectivity index (χ4v) is 5.81. The van der Waals surface area contributed by atoms with Crippen LogP contribution in [0.25, 0.3) is 0 Å². The molecule has 1 fully saturated rings. The van der Waals surface area contributed by atoms with E-state index in [0.29, 0.717) is 44.8 Å². The Hall–Kier alpha value is -1.93. The van der Waals surface area contributed by atoms with Crippen LogP contribution in [-0.4, -0.2) is 44.9 Å². The van der Waals surface area contributed by atoms with Crippen LogP contribution < -0.4 is 5.32 Å². The molecule has 1 amide bonds. The number of anilines is 1. The lowest BCUT2D eigenvalue weighted by Gasteiger charge is -2.36. The molecule has 1 saturated heterocycles. The Balaban J connectivity index is 1.95. The number of amides is 1. The Morgan fingerprint density at radius 2 is 1.73 bits per heavy atom. The van der Waals surface area contributed by atoms with Crippen LogP contribution in [0, 0.1) is 0 Å². The number of hydrogen-bond acceptors (Lipinski definition) is 4. The van der Waals surface area contributed by atoms with E-state index in [1.807, 2.05) is 30.3 Å². The van der Waals surface area contributed by atoms with Crippen molar-refractivity contribution in [2.24, 2.45) is 0 Å². The highest BCUT2D eigenvalue weighted by atomic mass is 35.5. The molecular formula is C22H27ClN2O4S. The van der Waals surface area contributed by atoms with Crippen molar-refractivity contribution in [2.45, 2.75) is 37.0 Å². The fraction of sp³-hybridized carbons (Fsp3) is 0.409. The molecule has 162 valence electrons. The molecule has 0 saturated carbocycles.